The van der Waals surface area contributed by atoms with Crippen LogP contribution in [0.5, 0.6) is 5.75 Å². The first-order chi connectivity index (χ1) is 9.43. The van der Waals surface area contributed by atoms with Crippen molar-refractivity contribution in [1.82, 2.24) is 4.90 Å². The lowest BCUT2D eigenvalue weighted by molar-refractivity contribution is -0.116. The normalized spacial score (nSPS) is 10.8. The summed E-state index contributed by atoms with van der Waals surface area (Å²) in [5.41, 5.74) is 0.485. The number of carbonyl (C=O) groups is 1. The van der Waals surface area contributed by atoms with E-state index in [1.807, 2.05) is 7.05 Å². The van der Waals surface area contributed by atoms with Crippen LogP contribution in [0.2, 0.25) is 10.0 Å². The van der Waals surface area contributed by atoms with Crippen molar-refractivity contribution in [2.45, 2.75) is 26.2 Å². The molecule has 0 heterocycles. The Balaban J connectivity index is 2.46. The Kier molecular flexibility index (Phi) is 7.13. The van der Waals surface area contributed by atoms with Gasteiger partial charge in [-0.2, -0.15) is 0 Å². The summed E-state index contributed by atoms with van der Waals surface area (Å²) in [6.45, 7) is 3.82. The van der Waals surface area contributed by atoms with Gasteiger partial charge >= 0.3 is 0 Å². The molecular formula is C14H20Cl2N2O2. The molecule has 112 valence electrons. The zero-order chi connectivity index (χ0) is 15.1. The fourth-order valence-corrected chi connectivity index (χ4v) is 2.18. The number of rotatable bonds is 7. The Morgan fingerprint density at radius 2 is 1.90 bits per heavy atom. The number of halogens is 2. The number of hydrogen-bond donors (Lipinski definition) is 2. The van der Waals surface area contributed by atoms with Crippen LogP contribution >= 0.6 is 23.2 Å². The zero-order valence-corrected chi connectivity index (χ0v) is 13.3. The highest BCUT2D eigenvalue weighted by Gasteiger charge is 2.09. The van der Waals surface area contributed by atoms with E-state index in [1.54, 1.807) is 0 Å². The number of hydrogen-bond acceptors (Lipinski definition) is 3. The fourth-order valence-electron chi connectivity index (χ4n) is 1.69. The second-order valence-electron chi connectivity index (χ2n) is 4.74. The van der Waals surface area contributed by atoms with Crippen molar-refractivity contribution in [3.8, 4) is 5.75 Å². The van der Waals surface area contributed by atoms with Gasteiger partial charge in [-0.1, -0.05) is 36.5 Å². The molecule has 1 rings (SSSR count). The summed E-state index contributed by atoms with van der Waals surface area (Å²) in [4.78, 5) is 13.9. The first kappa shape index (κ1) is 17.1. The van der Waals surface area contributed by atoms with E-state index >= 15 is 0 Å². The highest BCUT2D eigenvalue weighted by molar-refractivity contribution is 6.37. The van der Waals surface area contributed by atoms with E-state index in [9.17, 15) is 9.90 Å². The molecule has 0 fully saturated rings. The molecular weight excluding hydrogens is 299 g/mol. The van der Waals surface area contributed by atoms with Crippen LogP contribution in [0.15, 0.2) is 12.1 Å². The van der Waals surface area contributed by atoms with Crippen LogP contribution in [0.3, 0.4) is 0 Å². The lowest BCUT2D eigenvalue weighted by atomic mass is 10.2. The van der Waals surface area contributed by atoms with Crippen LogP contribution < -0.4 is 5.32 Å². The van der Waals surface area contributed by atoms with E-state index in [4.69, 9.17) is 23.2 Å². The van der Waals surface area contributed by atoms with Crippen molar-refractivity contribution in [3.63, 3.8) is 0 Å². The minimum atomic E-state index is -0.175. The van der Waals surface area contributed by atoms with E-state index in [2.05, 4.69) is 17.1 Å². The van der Waals surface area contributed by atoms with Gasteiger partial charge in [-0.25, -0.2) is 0 Å². The molecule has 1 amide bonds. The highest BCUT2D eigenvalue weighted by atomic mass is 35.5. The third-order valence-corrected chi connectivity index (χ3v) is 3.49. The maximum Gasteiger partial charge on any atom is 0.225 e. The molecule has 0 aliphatic heterocycles. The van der Waals surface area contributed by atoms with Crippen LogP contribution in [-0.4, -0.2) is 36.1 Å². The monoisotopic (exact) mass is 318 g/mol. The summed E-state index contributed by atoms with van der Waals surface area (Å²) in [5.74, 6) is -0.281. The molecule has 0 aromatic heterocycles. The molecule has 0 aliphatic rings. The number of aromatic hydroxyl groups is 1. The van der Waals surface area contributed by atoms with Crippen LogP contribution in [0.25, 0.3) is 0 Å². The average Bonchev–Trinajstić information content (AvgIpc) is 2.40. The first-order valence-corrected chi connectivity index (χ1v) is 7.36. The molecule has 1 aromatic rings. The second-order valence-corrected chi connectivity index (χ2v) is 5.56. The van der Waals surface area contributed by atoms with Gasteiger partial charge in [0, 0.05) is 18.7 Å². The second kappa shape index (κ2) is 8.35. The molecule has 4 nitrogen and oxygen atoms in total. The van der Waals surface area contributed by atoms with Gasteiger partial charge < -0.3 is 15.3 Å². The third kappa shape index (κ3) is 5.57. The number of nitrogens with one attached hydrogen (secondary N) is 1. The summed E-state index contributed by atoms with van der Waals surface area (Å²) >= 11 is 11.6. The number of nitrogens with zero attached hydrogens (tertiary/aromatic N) is 1. The van der Waals surface area contributed by atoms with Gasteiger partial charge in [-0.3, -0.25) is 4.79 Å². The number of anilines is 1. The molecule has 0 atom stereocenters. The fraction of sp³-hybridized carbons (Fsp3) is 0.500. The Morgan fingerprint density at radius 3 is 2.45 bits per heavy atom. The molecule has 1 aromatic carbocycles. The molecule has 0 radical (unpaired) electrons. The largest absolute Gasteiger partial charge is 0.505 e. The minimum absolute atomic E-state index is 0.105. The standard InChI is InChI=1S/C14H20Cl2N2O2/c1-3-4-6-18(2)7-5-13(19)17-10-8-11(15)14(20)12(16)9-10/h8-9,20H,3-7H2,1-2H3,(H,17,19). The van der Waals surface area contributed by atoms with E-state index in [-0.39, 0.29) is 21.7 Å². The number of carbonyl (C=O) groups excluding carboxylic acids is 1. The lowest BCUT2D eigenvalue weighted by Crippen LogP contribution is -2.25. The Hall–Kier alpha value is -0.970. The Morgan fingerprint density at radius 1 is 1.30 bits per heavy atom. The maximum absolute atomic E-state index is 11.8. The Bertz CT molecular complexity index is 443. The minimum Gasteiger partial charge on any atom is -0.505 e. The summed E-state index contributed by atoms with van der Waals surface area (Å²) in [6, 6.07) is 2.95. The van der Waals surface area contributed by atoms with Gasteiger partial charge in [0.1, 0.15) is 0 Å². The van der Waals surface area contributed by atoms with E-state index in [1.165, 1.54) is 12.1 Å². The molecule has 6 heteroatoms. The molecule has 0 bridgehead atoms. The van der Waals surface area contributed by atoms with Crippen molar-refractivity contribution in [2.75, 3.05) is 25.5 Å². The number of benzene rings is 1. The average molecular weight is 319 g/mol. The summed E-state index contributed by atoms with van der Waals surface area (Å²) in [6.07, 6.45) is 2.67. The molecule has 2 N–H and O–H groups in total. The molecule has 0 spiro atoms. The number of unbranched alkanes of at least 4 members (excludes halogenated alkanes) is 1. The summed E-state index contributed by atoms with van der Waals surface area (Å²) < 4.78 is 0. The van der Waals surface area contributed by atoms with Crippen LogP contribution in [-0.2, 0) is 4.79 Å². The van der Waals surface area contributed by atoms with Crippen molar-refractivity contribution in [1.29, 1.82) is 0 Å². The predicted molar refractivity (Wildman–Crippen MR) is 83.8 cm³/mol. The smallest absolute Gasteiger partial charge is 0.225 e. The molecule has 0 saturated heterocycles. The van der Waals surface area contributed by atoms with Crippen molar-refractivity contribution in [2.24, 2.45) is 0 Å². The van der Waals surface area contributed by atoms with Crippen LogP contribution in [0.1, 0.15) is 26.2 Å². The van der Waals surface area contributed by atoms with Gasteiger partial charge in [0.25, 0.3) is 0 Å². The highest BCUT2D eigenvalue weighted by Crippen LogP contribution is 2.34. The van der Waals surface area contributed by atoms with Crippen LogP contribution in [0.4, 0.5) is 5.69 Å². The van der Waals surface area contributed by atoms with E-state index < -0.39 is 0 Å². The summed E-state index contributed by atoms with van der Waals surface area (Å²) in [5, 5.41) is 12.4. The molecule has 0 aliphatic carbocycles. The Labute approximate surface area is 129 Å². The lowest BCUT2D eigenvalue weighted by Gasteiger charge is -2.15. The maximum atomic E-state index is 11.8. The predicted octanol–water partition coefficient (Wildman–Crippen LogP) is 3.76. The molecule has 0 unspecified atom stereocenters. The van der Waals surface area contributed by atoms with E-state index in [0.717, 1.165) is 19.4 Å². The van der Waals surface area contributed by atoms with Gasteiger partial charge in [0.2, 0.25) is 5.91 Å². The van der Waals surface area contributed by atoms with Gasteiger partial charge in [-0.05, 0) is 32.1 Å². The number of amides is 1. The van der Waals surface area contributed by atoms with E-state index in [0.29, 0.717) is 18.7 Å². The number of phenols is 1. The summed E-state index contributed by atoms with van der Waals surface area (Å²) in [7, 11) is 2.00. The molecule has 20 heavy (non-hydrogen) atoms. The van der Waals surface area contributed by atoms with Gasteiger partial charge in [0.05, 0.1) is 10.0 Å². The van der Waals surface area contributed by atoms with Gasteiger partial charge in [0.15, 0.2) is 5.75 Å². The van der Waals surface area contributed by atoms with Gasteiger partial charge in [-0.15, -0.1) is 0 Å². The zero-order valence-electron chi connectivity index (χ0n) is 11.7. The first-order valence-electron chi connectivity index (χ1n) is 6.60. The number of phenolic OH excluding ortho intramolecular Hbond substituents is 1. The molecule has 0 saturated carbocycles. The van der Waals surface area contributed by atoms with Crippen LogP contribution in [0, 0.1) is 0 Å². The quantitative estimate of drug-likeness (QED) is 0.753. The van der Waals surface area contributed by atoms with Crippen molar-refractivity contribution >= 4 is 34.8 Å². The van der Waals surface area contributed by atoms with Crippen molar-refractivity contribution < 1.29 is 9.90 Å². The SMILES string of the molecule is CCCCN(C)CCC(=O)Nc1cc(Cl)c(O)c(Cl)c1. The third-order valence-electron chi connectivity index (χ3n) is 2.91. The van der Waals surface area contributed by atoms with Crippen molar-refractivity contribution in [3.05, 3.63) is 22.2 Å². The topological polar surface area (TPSA) is 52.6 Å².